The molecule has 0 radical (unpaired) electrons. The molecule has 3 aliphatic rings. The Morgan fingerprint density at radius 2 is 1.88 bits per heavy atom. The highest BCUT2D eigenvalue weighted by Gasteiger charge is 2.36. The molecule has 0 bridgehead atoms. The van der Waals surface area contributed by atoms with Crippen LogP contribution in [0.15, 0.2) is 47.3 Å². The average Bonchev–Trinajstić information content (AvgIpc) is 3.20. The number of anilines is 1. The van der Waals surface area contributed by atoms with Gasteiger partial charge in [0.2, 0.25) is 5.91 Å². The third kappa shape index (κ3) is 3.51. The quantitative estimate of drug-likeness (QED) is 0.653. The number of likely N-dealkylation sites (tertiary alicyclic amines) is 1. The van der Waals surface area contributed by atoms with Crippen molar-refractivity contribution in [3.05, 3.63) is 64.3 Å². The fourth-order valence-corrected chi connectivity index (χ4v) is 5.07. The summed E-state index contributed by atoms with van der Waals surface area (Å²) in [6, 6.07) is 14.6. The second kappa shape index (κ2) is 7.65. The molecule has 3 heterocycles. The summed E-state index contributed by atoms with van der Waals surface area (Å²) in [5.41, 5.74) is 5.49. The van der Waals surface area contributed by atoms with Gasteiger partial charge in [-0.2, -0.15) is 5.10 Å². The van der Waals surface area contributed by atoms with E-state index in [1.165, 1.54) is 16.8 Å². The first-order valence-corrected chi connectivity index (χ1v) is 11.6. The summed E-state index contributed by atoms with van der Waals surface area (Å²) in [6.07, 6.45) is 4.78. The van der Waals surface area contributed by atoms with E-state index < -0.39 is 0 Å². The first-order chi connectivity index (χ1) is 15.7. The number of carbonyl (C=O) groups excluding carboxylic acids is 1. The van der Waals surface area contributed by atoms with E-state index in [1.807, 2.05) is 17.0 Å². The number of hydrogen-bond acceptors (Lipinski definition) is 4. The Labute approximate surface area is 186 Å². The van der Waals surface area contributed by atoms with Gasteiger partial charge in [-0.25, -0.2) is 14.5 Å². The maximum atomic E-state index is 12.5. The predicted octanol–water partition coefficient (Wildman–Crippen LogP) is 3.00. The molecule has 164 valence electrons. The van der Waals surface area contributed by atoms with Crippen LogP contribution >= 0.6 is 0 Å². The van der Waals surface area contributed by atoms with Crippen LogP contribution in [0.5, 0.6) is 0 Å². The van der Waals surface area contributed by atoms with E-state index in [-0.39, 0.29) is 11.6 Å². The van der Waals surface area contributed by atoms with Crippen molar-refractivity contribution in [2.24, 2.45) is 11.8 Å². The second-order valence-electron chi connectivity index (χ2n) is 9.29. The summed E-state index contributed by atoms with van der Waals surface area (Å²) in [5.74, 6) is 1.64. The molecule has 2 aromatic carbocycles. The third-order valence-electron chi connectivity index (χ3n) is 7.01. The van der Waals surface area contributed by atoms with Crippen molar-refractivity contribution in [3.63, 3.8) is 0 Å². The summed E-state index contributed by atoms with van der Waals surface area (Å²) in [6.45, 7) is 2.58. The van der Waals surface area contributed by atoms with Gasteiger partial charge in [-0.3, -0.25) is 4.79 Å². The van der Waals surface area contributed by atoms with E-state index in [4.69, 9.17) is 0 Å². The molecule has 1 saturated carbocycles. The highest BCUT2D eigenvalue weighted by molar-refractivity contribution is 5.81. The first-order valence-electron chi connectivity index (χ1n) is 11.6. The zero-order valence-electron chi connectivity index (χ0n) is 18.0. The molecule has 1 aromatic heterocycles. The molecule has 2 N–H and O–H groups in total. The van der Waals surface area contributed by atoms with Gasteiger partial charge in [-0.1, -0.05) is 18.2 Å². The van der Waals surface area contributed by atoms with Gasteiger partial charge in [0, 0.05) is 37.7 Å². The Balaban J connectivity index is 1.20. The van der Waals surface area contributed by atoms with Crippen LogP contribution in [0.3, 0.4) is 0 Å². The second-order valence-corrected chi connectivity index (χ2v) is 9.29. The molecule has 3 aromatic rings. The van der Waals surface area contributed by atoms with Gasteiger partial charge >= 0.3 is 5.69 Å². The van der Waals surface area contributed by atoms with Crippen molar-refractivity contribution >= 4 is 11.6 Å². The molecule has 0 spiro atoms. The Hall–Kier alpha value is -3.35. The molecule has 6 rings (SSSR count). The maximum Gasteiger partial charge on any atom is 0.347 e. The van der Waals surface area contributed by atoms with E-state index >= 15 is 0 Å². The summed E-state index contributed by atoms with van der Waals surface area (Å²) < 4.78 is 1.67. The molecule has 32 heavy (non-hydrogen) atoms. The Morgan fingerprint density at radius 1 is 1.06 bits per heavy atom. The van der Waals surface area contributed by atoms with Crippen LogP contribution in [0.4, 0.5) is 5.69 Å². The topological polar surface area (TPSA) is 83.0 Å². The fourth-order valence-electron chi connectivity index (χ4n) is 5.07. The van der Waals surface area contributed by atoms with Crippen LogP contribution in [-0.4, -0.2) is 45.2 Å². The van der Waals surface area contributed by atoms with Crippen LogP contribution in [0.2, 0.25) is 0 Å². The Kier molecular flexibility index (Phi) is 4.63. The molecule has 7 nitrogen and oxygen atoms in total. The highest BCUT2D eigenvalue weighted by Crippen LogP contribution is 2.33. The number of nitrogens with one attached hydrogen (secondary N) is 2. The van der Waals surface area contributed by atoms with Gasteiger partial charge in [0.15, 0.2) is 0 Å². The van der Waals surface area contributed by atoms with Gasteiger partial charge in [0.25, 0.3) is 0 Å². The molecule has 1 amide bonds. The monoisotopic (exact) mass is 429 g/mol. The van der Waals surface area contributed by atoms with Crippen LogP contribution in [-0.2, 0) is 17.6 Å². The Bertz CT molecular complexity index is 1220. The van der Waals surface area contributed by atoms with Crippen LogP contribution in [0.25, 0.3) is 16.8 Å². The zero-order chi connectivity index (χ0) is 21.7. The SMILES string of the molecule is O=C(C1CC1)N1CCC(Cc2n[nH]c(=O)n2-c2ccc(-c3ccc4c(c3)CCN4)cc2)C1. The van der Waals surface area contributed by atoms with Gasteiger partial charge in [0.1, 0.15) is 5.82 Å². The van der Waals surface area contributed by atoms with Crippen LogP contribution < -0.4 is 11.0 Å². The fraction of sp³-hybridized carbons (Fsp3) is 0.400. The lowest BCUT2D eigenvalue weighted by atomic mass is 10.0. The largest absolute Gasteiger partial charge is 0.384 e. The van der Waals surface area contributed by atoms with Crippen molar-refractivity contribution in [3.8, 4) is 16.8 Å². The number of rotatable bonds is 5. The number of carbonyl (C=O) groups is 1. The highest BCUT2D eigenvalue weighted by atomic mass is 16.2. The van der Waals surface area contributed by atoms with Crippen molar-refractivity contribution in [2.45, 2.75) is 32.1 Å². The minimum absolute atomic E-state index is 0.222. The molecule has 7 heteroatoms. The van der Waals surface area contributed by atoms with Crippen molar-refractivity contribution in [1.29, 1.82) is 0 Å². The smallest absolute Gasteiger partial charge is 0.347 e. The van der Waals surface area contributed by atoms with Gasteiger partial charge in [-0.15, -0.1) is 0 Å². The lowest BCUT2D eigenvalue weighted by Gasteiger charge is -2.16. The predicted molar refractivity (Wildman–Crippen MR) is 123 cm³/mol. The van der Waals surface area contributed by atoms with E-state index in [9.17, 15) is 9.59 Å². The van der Waals surface area contributed by atoms with Crippen molar-refractivity contribution in [2.75, 3.05) is 25.0 Å². The summed E-state index contributed by atoms with van der Waals surface area (Å²) in [4.78, 5) is 26.9. The van der Waals surface area contributed by atoms with Gasteiger partial charge in [-0.05, 0) is 72.6 Å². The van der Waals surface area contributed by atoms with Crippen molar-refractivity contribution < 1.29 is 4.79 Å². The molecule has 1 unspecified atom stereocenters. The van der Waals surface area contributed by atoms with Crippen molar-refractivity contribution in [1.82, 2.24) is 19.7 Å². The average molecular weight is 430 g/mol. The molecule has 1 aliphatic carbocycles. The summed E-state index contributed by atoms with van der Waals surface area (Å²) >= 11 is 0. The number of hydrogen-bond donors (Lipinski definition) is 2. The number of aromatic nitrogens is 3. The van der Waals surface area contributed by atoms with E-state index in [0.29, 0.717) is 18.2 Å². The number of nitrogens with zero attached hydrogens (tertiary/aromatic N) is 3. The molecular weight excluding hydrogens is 402 g/mol. The zero-order valence-corrected chi connectivity index (χ0v) is 18.0. The summed E-state index contributed by atoms with van der Waals surface area (Å²) in [7, 11) is 0. The summed E-state index contributed by atoms with van der Waals surface area (Å²) in [5, 5.41) is 10.3. The molecule has 2 aliphatic heterocycles. The van der Waals surface area contributed by atoms with E-state index in [0.717, 1.165) is 62.4 Å². The van der Waals surface area contributed by atoms with Gasteiger partial charge < -0.3 is 10.2 Å². The number of amides is 1. The molecule has 2 fully saturated rings. The number of fused-ring (bicyclic) bond motifs is 1. The first kappa shape index (κ1) is 19.3. The Morgan fingerprint density at radius 3 is 2.69 bits per heavy atom. The molecular formula is C25H27N5O2. The maximum absolute atomic E-state index is 12.5. The van der Waals surface area contributed by atoms with E-state index in [2.05, 4.69) is 45.8 Å². The lowest BCUT2D eigenvalue weighted by molar-refractivity contribution is -0.131. The number of H-pyrrole nitrogens is 1. The minimum Gasteiger partial charge on any atom is -0.384 e. The third-order valence-corrected chi connectivity index (χ3v) is 7.01. The number of aromatic amines is 1. The minimum atomic E-state index is -0.222. The molecule has 1 saturated heterocycles. The van der Waals surface area contributed by atoms with Crippen LogP contribution in [0.1, 0.15) is 30.7 Å². The van der Waals surface area contributed by atoms with Gasteiger partial charge in [0.05, 0.1) is 5.69 Å². The number of benzene rings is 2. The standard InChI is InChI=1S/C25H27N5O2/c31-24(18-1-2-18)29-12-10-16(15-29)13-23-27-28-25(32)30(23)21-6-3-17(4-7-21)19-5-8-22-20(14-19)9-11-26-22/h3-8,14,16,18,26H,1-2,9-13,15H2,(H,28,32). The van der Waals surface area contributed by atoms with E-state index in [1.54, 1.807) is 4.57 Å². The molecule has 1 atom stereocenters. The normalized spacial score (nSPS) is 19.8. The van der Waals surface area contributed by atoms with Crippen LogP contribution in [0, 0.1) is 11.8 Å². The lowest BCUT2D eigenvalue weighted by Crippen LogP contribution is -2.30.